The summed E-state index contributed by atoms with van der Waals surface area (Å²) in [5.41, 5.74) is 3.81. The van der Waals surface area contributed by atoms with Gasteiger partial charge in [0.25, 0.3) is 0 Å². The van der Waals surface area contributed by atoms with Gasteiger partial charge in [0.05, 0.1) is 0 Å². The van der Waals surface area contributed by atoms with E-state index in [9.17, 15) is 13.2 Å². The SMILES string of the molecule is NC(=O)C(F)(F)F.[H-].[K+]. The van der Waals surface area contributed by atoms with Gasteiger partial charge in [-0.25, -0.2) is 0 Å². The van der Waals surface area contributed by atoms with Crippen LogP contribution in [0.5, 0.6) is 0 Å². The molecule has 2 nitrogen and oxygen atoms in total. The smallest absolute Gasteiger partial charge is 1.00 e. The first kappa shape index (κ1) is 11.7. The quantitative estimate of drug-likeness (QED) is 0.374. The van der Waals surface area contributed by atoms with E-state index in [-0.39, 0.29) is 52.8 Å². The van der Waals surface area contributed by atoms with E-state index < -0.39 is 12.1 Å². The summed E-state index contributed by atoms with van der Waals surface area (Å²) >= 11 is 0. The van der Waals surface area contributed by atoms with Crippen molar-refractivity contribution in [2.45, 2.75) is 6.18 Å². The van der Waals surface area contributed by atoms with E-state index in [1.807, 2.05) is 0 Å². The molecule has 0 spiro atoms. The number of nitrogens with two attached hydrogens (primary N) is 1. The summed E-state index contributed by atoms with van der Waals surface area (Å²) in [6.07, 6.45) is -4.86. The monoisotopic (exact) mass is 153 g/mol. The van der Waals surface area contributed by atoms with Gasteiger partial charge in [0.15, 0.2) is 0 Å². The van der Waals surface area contributed by atoms with Crippen LogP contribution < -0.4 is 57.1 Å². The molecule has 0 aromatic carbocycles. The van der Waals surface area contributed by atoms with Crippen LogP contribution in [0.3, 0.4) is 0 Å². The van der Waals surface area contributed by atoms with E-state index in [1.54, 1.807) is 0 Å². The number of rotatable bonds is 0. The van der Waals surface area contributed by atoms with E-state index in [4.69, 9.17) is 4.79 Å². The van der Waals surface area contributed by atoms with Gasteiger partial charge in [-0.2, -0.15) is 13.2 Å². The van der Waals surface area contributed by atoms with Gasteiger partial charge in [0.1, 0.15) is 0 Å². The minimum Gasteiger partial charge on any atom is -1.00 e. The molecule has 8 heavy (non-hydrogen) atoms. The van der Waals surface area contributed by atoms with Gasteiger partial charge >= 0.3 is 63.5 Å². The molecule has 0 bridgehead atoms. The number of amides is 1. The molecule has 1 amide bonds. The van der Waals surface area contributed by atoms with Gasteiger partial charge in [-0.3, -0.25) is 4.79 Å². The van der Waals surface area contributed by atoms with Crippen molar-refractivity contribution in [1.29, 1.82) is 0 Å². The zero-order valence-electron chi connectivity index (χ0n) is 5.12. The largest absolute Gasteiger partial charge is 1.00 e. The second kappa shape index (κ2) is 3.83. The second-order valence-corrected chi connectivity index (χ2v) is 0.862. The number of primary amides is 1. The fourth-order valence-corrected chi connectivity index (χ4v) is 0. The molecule has 0 fully saturated rings. The molecule has 44 valence electrons. The number of hydrogen-bond acceptors (Lipinski definition) is 1. The Morgan fingerprint density at radius 1 is 1.50 bits per heavy atom. The summed E-state index contributed by atoms with van der Waals surface area (Å²) in [5.74, 6) is -2.26. The van der Waals surface area contributed by atoms with Gasteiger partial charge in [-0.15, -0.1) is 0 Å². The molecule has 0 aliphatic carbocycles. The minimum absolute atomic E-state index is 0. The third-order valence-electron chi connectivity index (χ3n) is 0.279. The molecule has 0 radical (unpaired) electrons. The molecule has 6 heteroatoms. The van der Waals surface area contributed by atoms with Gasteiger partial charge in [-0.05, 0) is 0 Å². The predicted octanol–water partition coefficient (Wildman–Crippen LogP) is -2.85. The molecule has 0 aromatic rings. The van der Waals surface area contributed by atoms with E-state index in [2.05, 4.69) is 5.73 Å². The summed E-state index contributed by atoms with van der Waals surface area (Å²) in [5, 5.41) is 0. The molecule has 0 saturated carbocycles. The standard InChI is InChI=1S/C2H2F3NO.K.H/c3-2(4,5)1(6)7;;/h(H2,6,7);;/q;+1;-1. The third-order valence-corrected chi connectivity index (χ3v) is 0.279. The summed E-state index contributed by atoms with van der Waals surface area (Å²) in [4.78, 5) is 9.12. The van der Waals surface area contributed by atoms with Crippen LogP contribution in [0, 0.1) is 0 Å². The van der Waals surface area contributed by atoms with E-state index in [0.717, 1.165) is 0 Å². The maximum absolute atomic E-state index is 10.7. The number of hydrogen-bond donors (Lipinski definition) is 1. The molecule has 0 aliphatic rings. The normalized spacial score (nSPS) is 9.88. The number of alkyl halides is 3. The topological polar surface area (TPSA) is 43.1 Å². The van der Waals surface area contributed by atoms with Crippen LogP contribution in [0.2, 0.25) is 0 Å². The second-order valence-electron chi connectivity index (χ2n) is 0.862. The van der Waals surface area contributed by atoms with E-state index in [1.165, 1.54) is 0 Å². The first-order chi connectivity index (χ1) is 2.94. The number of halogens is 3. The van der Waals surface area contributed by atoms with Crippen LogP contribution in [0.1, 0.15) is 1.43 Å². The van der Waals surface area contributed by atoms with Crippen molar-refractivity contribution in [1.82, 2.24) is 0 Å². The zero-order chi connectivity index (χ0) is 6.08. The van der Waals surface area contributed by atoms with Crippen LogP contribution in [-0.4, -0.2) is 12.1 Å². The number of carbonyl (C=O) groups is 1. The summed E-state index contributed by atoms with van der Waals surface area (Å²) < 4.78 is 32.1. The van der Waals surface area contributed by atoms with Gasteiger partial charge in [-0.1, -0.05) is 0 Å². The van der Waals surface area contributed by atoms with Crippen molar-refractivity contribution in [3.63, 3.8) is 0 Å². The van der Waals surface area contributed by atoms with Gasteiger partial charge in [0.2, 0.25) is 0 Å². The Morgan fingerprint density at radius 2 is 1.62 bits per heavy atom. The van der Waals surface area contributed by atoms with Crippen LogP contribution in [0.25, 0.3) is 0 Å². The molecule has 0 unspecified atom stereocenters. The van der Waals surface area contributed by atoms with Gasteiger partial charge in [0, 0.05) is 0 Å². The third kappa shape index (κ3) is 5.04. The predicted molar refractivity (Wildman–Crippen MR) is 16.4 cm³/mol. The van der Waals surface area contributed by atoms with E-state index >= 15 is 0 Å². The van der Waals surface area contributed by atoms with Crippen molar-refractivity contribution in [2.24, 2.45) is 5.73 Å². The molecular weight excluding hydrogens is 150 g/mol. The van der Waals surface area contributed by atoms with Crippen LogP contribution in [0.15, 0.2) is 0 Å². The molecule has 0 heterocycles. The minimum atomic E-state index is -4.86. The Kier molecular flexibility index (Phi) is 5.59. The Hall–Kier alpha value is 0.896. The Labute approximate surface area is 87.5 Å². The van der Waals surface area contributed by atoms with Crippen LogP contribution >= 0.6 is 0 Å². The molecule has 0 atom stereocenters. The van der Waals surface area contributed by atoms with Crippen molar-refractivity contribution in [3.8, 4) is 0 Å². The molecule has 0 aromatic heterocycles. The fraction of sp³-hybridized carbons (Fsp3) is 0.500. The van der Waals surface area contributed by atoms with Crippen LogP contribution in [-0.2, 0) is 4.79 Å². The Balaban J connectivity index is -0.000000180. The maximum atomic E-state index is 10.7. The average molecular weight is 153 g/mol. The van der Waals surface area contributed by atoms with E-state index in [0.29, 0.717) is 0 Å². The van der Waals surface area contributed by atoms with Crippen molar-refractivity contribution < 1.29 is 70.8 Å². The maximum Gasteiger partial charge on any atom is 1.00 e. The zero-order valence-corrected chi connectivity index (χ0v) is 7.24. The fourth-order valence-electron chi connectivity index (χ4n) is 0. The summed E-state index contributed by atoms with van der Waals surface area (Å²) in [6, 6.07) is 0. The summed E-state index contributed by atoms with van der Waals surface area (Å²) in [6.45, 7) is 0. The Morgan fingerprint density at radius 3 is 1.62 bits per heavy atom. The van der Waals surface area contributed by atoms with Crippen molar-refractivity contribution in [3.05, 3.63) is 0 Å². The average Bonchev–Trinajstić information content (AvgIpc) is 1.31. The summed E-state index contributed by atoms with van der Waals surface area (Å²) in [7, 11) is 0. The number of carbonyl (C=O) groups excluding carboxylic acids is 1. The van der Waals surface area contributed by atoms with Crippen molar-refractivity contribution in [2.75, 3.05) is 0 Å². The van der Waals surface area contributed by atoms with Crippen molar-refractivity contribution >= 4 is 5.91 Å². The molecule has 0 aliphatic heterocycles. The first-order valence-electron chi connectivity index (χ1n) is 1.31. The molecule has 2 N–H and O–H groups in total. The first-order valence-corrected chi connectivity index (χ1v) is 1.31. The molecular formula is C2H3F3KNO. The van der Waals surface area contributed by atoms with Gasteiger partial charge < -0.3 is 7.16 Å². The Bertz CT molecular complexity index is 94.3. The molecule has 0 rings (SSSR count). The molecule has 0 saturated heterocycles. The van der Waals surface area contributed by atoms with Crippen LogP contribution in [0.4, 0.5) is 13.2 Å².